The van der Waals surface area contributed by atoms with Crippen LogP contribution >= 0.6 is 0 Å². The molecule has 0 aromatic heterocycles. The number of likely N-dealkylation sites (tertiary alicyclic amines) is 1. The molecule has 2 fully saturated rings. The highest BCUT2D eigenvalue weighted by atomic mass is 19.4. The van der Waals surface area contributed by atoms with Crippen molar-refractivity contribution in [1.82, 2.24) is 4.90 Å². The summed E-state index contributed by atoms with van der Waals surface area (Å²) in [6, 6.07) is 5.56. The van der Waals surface area contributed by atoms with Crippen molar-refractivity contribution < 1.29 is 22.8 Å². The molecule has 0 aliphatic carbocycles. The van der Waals surface area contributed by atoms with Crippen LogP contribution in [0.2, 0.25) is 0 Å². The van der Waals surface area contributed by atoms with Gasteiger partial charge in [-0.25, -0.2) is 0 Å². The summed E-state index contributed by atoms with van der Waals surface area (Å²) in [4.78, 5) is 26.6. The van der Waals surface area contributed by atoms with Crippen LogP contribution in [0.25, 0.3) is 0 Å². The van der Waals surface area contributed by atoms with Gasteiger partial charge in [0, 0.05) is 36.8 Å². The van der Waals surface area contributed by atoms with Crippen LogP contribution in [0.3, 0.4) is 0 Å². The third-order valence-corrected chi connectivity index (χ3v) is 5.40. The Morgan fingerprint density at radius 2 is 1.65 bits per heavy atom. The first-order valence-corrected chi connectivity index (χ1v) is 9.07. The van der Waals surface area contributed by atoms with E-state index in [0.717, 1.165) is 16.9 Å². The van der Waals surface area contributed by atoms with Crippen molar-refractivity contribution in [3.8, 4) is 0 Å². The molecule has 1 aromatic carbocycles. The molecule has 1 atom stereocenters. The van der Waals surface area contributed by atoms with E-state index in [9.17, 15) is 22.8 Å². The Morgan fingerprint density at radius 1 is 1.00 bits per heavy atom. The molecule has 4 nitrogen and oxygen atoms in total. The Bertz CT molecular complexity index is 637. The van der Waals surface area contributed by atoms with Crippen LogP contribution in [0, 0.1) is 5.92 Å². The van der Waals surface area contributed by atoms with Crippen molar-refractivity contribution in [2.45, 2.75) is 44.3 Å². The predicted molar refractivity (Wildman–Crippen MR) is 92.2 cm³/mol. The quantitative estimate of drug-likeness (QED) is 0.765. The lowest BCUT2D eigenvalue weighted by Crippen LogP contribution is -2.54. The summed E-state index contributed by atoms with van der Waals surface area (Å²) < 4.78 is 39.7. The molecule has 0 radical (unpaired) electrons. The zero-order chi connectivity index (χ0) is 18.7. The van der Waals surface area contributed by atoms with Gasteiger partial charge in [-0.3, -0.25) is 9.59 Å². The fourth-order valence-electron chi connectivity index (χ4n) is 3.92. The topological polar surface area (TPSA) is 40.6 Å². The van der Waals surface area contributed by atoms with Crippen LogP contribution in [0.15, 0.2) is 24.3 Å². The number of anilines is 1. The zero-order valence-corrected chi connectivity index (χ0v) is 14.5. The van der Waals surface area contributed by atoms with Crippen LogP contribution in [0.5, 0.6) is 0 Å². The molecule has 0 spiro atoms. The minimum absolute atomic E-state index is 0.0111. The molecule has 26 heavy (non-hydrogen) atoms. The Hall–Kier alpha value is -2.05. The first-order valence-electron chi connectivity index (χ1n) is 9.07. The van der Waals surface area contributed by atoms with Gasteiger partial charge in [0.1, 0.15) is 12.3 Å². The average Bonchev–Trinajstić information content (AvgIpc) is 2.67. The normalized spacial score (nSPS) is 22.3. The first-order chi connectivity index (χ1) is 12.4. The summed E-state index contributed by atoms with van der Waals surface area (Å²) in [5.74, 6) is -0.688. The summed E-state index contributed by atoms with van der Waals surface area (Å²) in [5, 5.41) is 0. The van der Waals surface area contributed by atoms with Crippen LogP contribution in [0.4, 0.5) is 18.9 Å². The van der Waals surface area contributed by atoms with Gasteiger partial charge in [0.15, 0.2) is 0 Å². The second-order valence-electron chi connectivity index (χ2n) is 7.06. The fourth-order valence-corrected chi connectivity index (χ4v) is 3.92. The van der Waals surface area contributed by atoms with Gasteiger partial charge in [-0.15, -0.1) is 0 Å². The molecule has 0 bridgehead atoms. The SMILES string of the molecule is O=Cc1ccc(N2CCC(C(=O)N3CCCC[C@H]3C(F)(F)F)CC2)cc1. The monoisotopic (exact) mass is 368 g/mol. The largest absolute Gasteiger partial charge is 0.408 e. The third kappa shape index (κ3) is 4.02. The van der Waals surface area contributed by atoms with Gasteiger partial charge >= 0.3 is 6.18 Å². The number of benzene rings is 1. The van der Waals surface area contributed by atoms with Crippen LogP contribution in [-0.2, 0) is 4.79 Å². The molecule has 1 amide bonds. The maximum atomic E-state index is 13.2. The number of halogens is 3. The number of nitrogens with zero attached hydrogens (tertiary/aromatic N) is 2. The molecule has 0 unspecified atom stereocenters. The number of aldehydes is 1. The zero-order valence-electron chi connectivity index (χ0n) is 14.5. The van der Waals surface area contributed by atoms with E-state index in [4.69, 9.17) is 0 Å². The van der Waals surface area contributed by atoms with Crippen molar-refractivity contribution in [2.24, 2.45) is 5.92 Å². The van der Waals surface area contributed by atoms with Gasteiger partial charge < -0.3 is 9.80 Å². The summed E-state index contributed by atoms with van der Waals surface area (Å²) in [5.41, 5.74) is 1.56. The minimum Gasteiger partial charge on any atom is -0.371 e. The Morgan fingerprint density at radius 3 is 2.23 bits per heavy atom. The Labute approximate surface area is 151 Å². The van der Waals surface area contributed by atoms with Crippen molar-refractivity contribution in [1.29, 1.82) is 0 Å². The summed E-state index contributed by atoms with van der Waals surface area (Å²) in [7, 11) is 0. The lowest BCUT2D eigenvalue weighted by Gasteiger charge is -2.40. The first kappa shape index (κ1) is 18.7. The van der Waals surface area contributed by atoms with Crippen LogP contribution < -0.4 is 4.90 Å². The van der Waals surface area contributed by atoms with Crippen LogP contribution in [-0.4, -0.2) is 48.9 Å². The highest BCUT2D eigenvalue weighted by Crippen LogP contribution is 2.34. The predicted octanol–water partition coefficient (Wildman–Crippen LogP) is 3.66. The smallest absolute Gasteiger partial charge is 0.371 e. The van der Waals surface area contributed by atoms with E-state index in [0.29, 0.717) is 44.3 Å². The molecular formula is C19H23F3N2O2. The van der Waals surface area contributed by atoms with E-state index in [2.05, 4.69) is 4.90 Å². The van der Waals surface area contributed by atoms with E-state index in [1.807, 2.05) is 12.1 Å². The number of rotatable bonds is 3. The molecule has 3 rings (SSSR count). The van der Waals surface area contributed by atoms with E-state index in [1.54, 1.807) is 12.1 Å². The summed E-state index contributed by atoms with van der Waals surface area (Å²) >= 11 is 0. The second kappa shape index (κ2) is 7.68. The maximum Gasteiger partial charge on any atom is 0.408 e. The molecule has 0 N–H and O–H groups in total. The lowest BCUT2D eigenvalue weighted by atomic mass is 9.92. The van der Waals surface area contributed by atoms with Gasteiger partial charge in [0.2, 0.25) is 5.91 Å². The van der Waals surface area contributed by atoms with Gasteiger partial charge in [0.05, 0.1) is 0 Å². The van der Waals surface area contributed by atoms with Gasteiger partial charge in [-0.1, -0.05) is 0 Å². The van der Waals surface area contributed by atoms with Gasteiger partial charge in [-0.2, -0.15) is 13.2 Å². The van der Waals surface area contributed by atoms with Crippen LogP contribution in [0.1, 0.15) is 42.5 Å². The number of hydrogen-bond donors (Lipinski definition) is 0. The van der Waals surface area contributed by atoms with Gasteiger partial charge in [0.25, 0.3) is 0 Å². The minimum atomic E-state index is -4.35. The number of carbonyl (C=O) groups is 2. The molecule has 2 aliphatic heterocycles. The Balaban J connectivity index is 1.61. The molecule has 2 saturated heterocycles. The second-order valence-corrected chi connectivity index (χ2v) is 7.06. The molecule has 0 saturated carbocycles. The molecular weight excluding hydrogens is 345 g/mol. The molecule has 2 aliphatic rings. The summed E-state index contributed by atoms with van der Waals surface area (Å²) in [6.07, 6.45) is -1.30. The average molecular weight is 368 g/mol. The van der Waals surface area contributed by atoms with Crippen molar-refractivity contribution in [3.63, 3.8) is 0 Å². The maximum absolute atomic E-state index is 13.2. The molecule has 1 aromatic rings. The van der Waals surface area contributed by atoms with E-state index >= 15 is 0 Å². The van der Waals surface area contributed by atoms with E-state index < -0.39 is 12.2 Å². The highest BCUT2D eigenvalue weighted by molar-refractivity contribution is 5.80. The number of carbonyl (C=O) groups excluding carboxylic acids is 2. The lowest BCUT2D eigenvalue weighted by molar-refractivity contribution is -0.197. The standard InChI is InChI=1S/C19H23F3N2O2/c20-19(21,22)17-3-1-2-10-24(17)18(26)15-8-11-23(12-9-15)16-6-4-14(13-25)5-7-16/h4-7,13,15,17H,1-3,8-12H2/t17-/m0/s1. The van der Waals surface area contributed by atoms with E-state index in [-0.39, 0.29) is 24.8 Å². The van der Waals surface area contributed by atoms with Gasteiger partial charge in [-0.05, 0) is 56.4 Å². The molecule has 7 heteroatoms. The van der Waals surface area contributed by atoms with Crippen molar-refractivity contribution in [3.05, 3.63) is 29.8 Å². The molecule has 2 heterocycles. The van der Waals surface area contributed by atoms with Crippen molar-refractivity contribution >= 4 is 17.9 Å². The Kier molecular flexibility index (Phi) is 5.53. The fraction of sp³-hybridized carbons (Fsp3) is 0.579. The number of amides is 1. The number of hydrogen-bond acceptors (Lipinski definition) is 3. The highest BCUT2D eigenvalue weighted by Gasteiger charge is 2.47. The summed E-state index contributed by atoms with van der Waals surface area (Å²) in [6.45, 7) is 1.46. The van der Waals surface area contributed by atoms with E-state index in [1.165, 1.54) is 0 Å². The molecule has 142 valence electrons. The number of piperidine rings is 2. The third-order valence-electron chi connectivity index (χ3n) is 5.40. The van der Waals surface area contributed by atoms with Crippen molar-refractivity contribution in [2.75, 3.05) is 24.5 Å². The number of alkyl halides is 3.